The summed E-state index contributed by atoms with van der Waals surface area (Å²) < 4.78 is 8.50. The number of aromatic nitrogens is 4. The number of pyridine rings is 2. The molecule has 0 saturated carbocycles. The molecule has 1 saturated heterocycles. The van der Waals surface area contributed by atoms with Crippen LogP contribution in [0.2, 0.25) is 5.02 Å². The fourth-order valence-electron chi connectivity index (χ4n) is 7.86. The molecule has 4 heterocycles. The molecule has 3 aromatic heterocycles. The molecule has 2 aromatic carbocycles. The molecule has 7 rings (SSSR count). The van der Waals surface area contributed by atoms with Gasteiger partial charge in [0.25, 0.3) is 5.56 Å². The SMILES string of the molecule is COc1nc(-c2cccc(-c3cccc(Nc4nc(C)cc5c4c(=O)n(C)c(=O)n5C)c3C)c2Cl)cc2c1[C@@H](N1CCC(CCC=O)C1)CC2. The summed E-state index contributed by atoms with van der Waals surface area (Å²) in [5.41, 5.74) is 7.82. The molecule has 10 nitrogen and oxygen atoms in total. The zero-order valence-electron chi connectivity index (χ0n) is 29.0. The largest absolute Gasteiger partial charge is 0.481 e. The van der Waals surface area contributed by atoms with E-state index in [-0.39, 0.29) is 6.04 Å². The number of aldehydes is 1. The molecule has 0 bridgehead atoms. The molecule has 2 atom stereocenters. The molecule has 2 aliphatic rings. The lowest BCUT2D eigenvalue weighted by molar-refractivity contribution is -0.108. The van der Waals surface area contributed by atoms with Gasteiger partial charge in [0.1, 0.15) is 17.5 Å². The summed E-state index contributed by atoms with van der Waals surface area (Å²) in [5, 5.41) is 4.32. The standard InChI is InChI=1S/C39H41ClN6O4/c1-22-19-32-34(38(48)45(4)39(49)44(32)3)36(41-22)42-29-13-7-10-26(23(29)2)27-11-6-12-28(35(27)40)30-20-25-14-15-31(33(25)37(43-30)50-5)46-17-16-24(21-46)9-8-18-47/h6-7,10-13,18-20,24,31H,8-9,14-17,21H2,1-5H3,(H,41,42)/t24?,31-/m0/s1. The monoisotopic (exact) mass is 692 g/mol. The molecule has 1 fully saturated rings. The summed E-state index contributed by atoms with van der Waals surface area (Å²) in [6, 6.07) is 16.1. The molecule has 1 N–H and O–H groups in total. The molecule has 1 aliphatic heterocycles. The third-order valence-electron chi connectivity index (χ3n) is 10.5. The van der Waals surface area contributed by atoms with Crippen LogP contribution in [0.5, 0.6) is 5.88 Å². The molecular formula is C39H41ClN6O4. The number of methoxy groups -OCH3 is 1. The van der Waals surface area contributed by atoms with Crippen LogP contribution in [-0.4, -0.2) is 50.5 Å². The molecule has 1 unspecified atom stereocenters. The fraction of sp³-hybridized carbons (Fsp3) is 0.359. The van der Waals surface area contributed by atoms with Gasteiger partial charge in [-0.15, -0.1) is 0 Å². The van der Waals surface area contributed by atoms with Crippen molar-refractivity contribution < 1.29 is 9.53 Å². The average Bonchev–Trinajstić information content (AvgIpc) is 3.76. The molecule has 11 heteroatoms. The smallest absolute Gasteiger partial charge is 0.330 e. The summed E-state index contributed by atoms with van der Waals surface area (Å²) in [6.45, 7) is 5.86. The van der Waals surface area contributed by atoms with Gasteiger partial charge in [0, 0.05) is 61.2 Å². The highest BCUT2D eigenvalue weighted by Crippen LogP contribution is 2.46. The third-order valence-corrected chi connectivity index (χ3v) is 10.9. The van der Waals surface area contributed by atoms with Crippen molar-refractivity contribution in [2.45, 2.75) is 52.0 Å². The van der Waals surface area contributed by atoms with Crippen LogP contribution in [0.15, 0.2) is 58.1 Å². The highest BCUT2D eigenvalue weighted by Gasteiger charge is 2.36. The lowest BCUT2D eigenvalue weighted by Gasteiger charge is -2.26. The van der Waals surface area contributed by atoms with E-state index in [2.05, 4.69) is 21.3 Å². The zero-order valence-corrected chi connectivity index (χ0v) is 29.8. The van der Waals surface area contributed by atoms with Crippen LogP contribution in [0.25, 0.3) is 33.3 Å². The first kappa shape index (κ1) is 33.7. The highest BCUT2D eigenvalue weighted by molar-refractivity contribution is 6.36. The van der Waals surface area contributed by atoms with Gasteiger partial charge in [-0.3, -0.25) is 18.8 Å². The Morgan fingerprint density at radius 1 is 1.00 bits per heavy atom. The number of fused-ring (bicyclic) bond motifs is 2. The van der Waals surface area contributed by atoms with Crippen molar-refractivity contribution in [1.82, 2.24) is 24.0 Å². The molecular weight excluding hydrogens is 652 g/mol. The van der Waals surface area contributed by atoms with E-state index in [9.17, 15) is 14.4 Å². The summed E-state index contributed by atoms with van der Waals surface area (Å²) in [7, 11) is 4.80. The van der Waals surface area contributed by atoms with E-state index in [4.69, 9.17) is 21.3 Å². The number of ether oxygens (including phenoxy) is 1. The van der Waals surface area contributed by atoms with Gasteiger partial charge < -0.3 is 14.8 Å². The maximum Gasteiger partial charge on any atom is 0.330 e. The molecule has 0 amide bonds. The third kappa shape index (κ3) is 5.80. The van der Waals surface area contributed by atoms with Crippen LogP contribution in [-0.2, 0) is 25.3 Å². The summed E-state index contributed by atoms with van der Waals surface area (Å²) in [5.74, 6) is 1.58. The van der Waals surface area contributed by atoms with E-state index in [0.29, 0.717) is 45.7 Å². The lowest BCUT2D eigenvalue weighted by atomic mass is 9.96. The highest BCUT2D eigenvalue weighted by atomic mass is 35.5. The van der Waals surface area contributed by atoms with E-state index in [1.54, 1.807) is 20.2 Å². The lowest BCUT2D eigenvalue weighted by Crippen LogP contribution is -2.37. The molecule has 0 radical (unpaired) electrons. The number of benzene rings is 2. The van der Waals surface area contributed by atoms with Crippen molar-refractivity contribution in [2.24, 2.45) is 20.0 Å². The number of nitrogens with one attached hydrogen (secondary N) is 1. The van der Waals surface area contributed by atoms with Gasteiger partial charge in [0.05, 0.1) is 23.3 Å². The van der Waals surface area contributed by atoms with Crippen molar-refractivity contribution in [3.05, 3.63) is 96.8 Å². The zero-order chi connectivity index (χ0) is 35.3. The Balaban J connectivity index is 1.23. The van der Waals surface area contributed by atoms with E-state index >= 15 is 0 Å². The molecule has 1 aliphatic carbocycles. The van der Waals surface area contributed by atoms with E-state index < -0.39 is 11.2 Å². The van der Waals surface area contributed by atoms with Crippen LogP contribution >= 0.6 is 11.6 Å². The molecule has 0 spiro atoms. The second-order valence-corrected chi connectivity index (χ2v) is 13.9. The van der Waals surface area contributed by atoms with Crippen molar-refractivity contribution >= 4 is 40.3 Å². The van der Waals surface area contributed by atoms with E-state index in [1.807, 2.05) is 50.2 Å². The van der Waals surface area contributed by atoms with Gasteiger partial charge in [-0.2, -0.15) is 0 Å². The number of hydrogen-bond donors (Lipinski definition) is 1. The summed E-state index contributed by atoms with van der Waals surface area (Å²) in [6.07, 6.45) is 5.66. The minimum atomic E-state index is -0.412. The number of halogens is 1. The van der Waals surface area contributed by atoms with Crippen LogP contribution in [0.3, 0.4) is 0 Å². The van der Waals surface area contributed by atoms with Gasteiger partial charge >= 0.3 is 5.69 Å². The fourth-order valence-corrected chi connectivity index (χ4v) is 8.18. The quantitative estimate of drug-likeness (QED) is 0.171. The van der Waals surface area contributed by atoms with Gasteiger partial charge in [-0.05, 0) is 86.9 Å². The molecule has 258 valence electrons. The maximum absolute atomic E-state index is 13.3. The Hall–Kier alpha value is -4.80. The Morgan fingerprint density at radius 2 is 1.76 bits per heavy atom. The predicted octanol–water partition coefficient (Wildman–Crippen LogP) is 6.67. The number of carbonyl (C=O) groups is 1. The van der Waals surface area contributed by atoms with Crippen molar-refractivity contribution in [3.8, 4) is 28.3 Å². The first-order valence-electron chi connectivity index (χ1n) is 17.1. The van der Waals surface area contributed by atoms with E-state index in [0.717, 1.165) is 83.3 Å². The van der Waals surface area contributed by atoms with Crippen LogP contribution in [0, 0.1) is 19.8 Å². The van der Waals surface area contributed by atoms with Gasteiger partial charge in [0.15, 0.2) is 0 Å². The number of rotatable bonds is 9. The van der Waals surface area contributed by atoms with Crippen molar-refractivity contribution in [1.29, 1.82) is 0 Å². The summed E-state index contributed by atoms with van der Waals surface area (Å²) >= 11 is 7.25. The Morgan fingerprint density at radius 3 is 2.54 bits per heavy atom. The topological polar surface area (TPSA) is 111 Å². The number of nitrogens with zero attached hydrogens (tertiary/aromatic N) is 5. The second kappa shape index (κ2) is 13.5. The Kier molecular flexibility index (Phi) is 9.09. The van der Waals surface area contributed by atoms with Crippen molar-refractivity contribution in [3.63, 3.8) is 0 Å². The number of aryl methyl sites for hydroxylation is 3. The van der Waals surface area contributed by atoms with Gasteiger partial charge in [-0.25, -0.2) is 14.8 Å². The number of carbonyl (C=O) groups excluding carboxylic acids is 1. The number of likely N-dealkylation sites (tertiary alicyclic amines) is 1. The van der Waals surface area contributed by atoms with Gasteiger partial charge in [0.2, 0.25) is 5.88 Å². The number of anilines is 2. The minimum Gasteiger partial charge on any atom is -0.481 e. The van der Waals surface area contributed by atoms with Crippen LogP contribution in [0.4, 0.5) is 11.5 Å². The Labute approximate surface area is 295 Å². The molecule has 50 heavy (non-hydrogen) atoms. The first-order chi connectivity index (χ1) is 24.1. The molecule has 5 aromatic rings. The predicted molar refractivity (Wildman–Crippen MR) is 198 cm³/mol. The Bertz CT molecular complexity index is 2280. The van der Waals surface area contributed by atoms with Gasteiger partial charge in [-0.1, -0.05) is 41.9 Å². The maximum atomic E-state index is 13.3. The first-order valence-corrected chi connectivity index (χ1v) is 17.5. The van der Waals surface area contributed by atoms with Crippen LogP contribution < -0.4 is 21.3 Å². The summed E-state index contributed by atoms with van der Waals surface area (Å²) in [4.78, 5) is 49.1. The van der Waals surface area contributed by atoms with Crippen LogP contribution in [0.1, 0.15) is 54.1 Å². The normalized spacial score (nSPS) is 17.3. The van der Waals surface area contributed by atoms with E-state index in [1.165, 1.54) is 22.7 Å². The minimum absolute atomic E-state index is 0.257. The number of hydrogen-bond acceptors (Lipinski definition) is 8. The van der Waals surface area contributed by atoms with Crippen molar-refractivity contribution in [2.75, 3.05) is 25.5 Å². The average molecular weight is 693 g/mol. The second-order valence-electron chi connectivity index (χ2n) is 13.5.